The van der Waals surface area contributed by atoms with E-state index in [-0.39, 0.29) is 13.0 Å². The minimum Gasteiger partial charge on any atom is -0.463 e. The fourth-order valence-electron chi connectivity index (χ4n) is 4.18. The Morgan fingerprint density at radius 1 is 0.784 bits per heavy atom. The Morgan fingerprint density at radius 3 is 2.05 bits per heavy atom. The second-order valence-corrected chi connectivity index (χ2v) is 8.51. The van der Waals surface area contributed by atoms with Gasteiger partial charge in [-0.2, -0.15) is 0 Å². The molecular formula is C26H29NO10. The van der Waals surface area contributed by atoms with Gasteiger partial charge in [0.2, 0.25) is 12.2 Å². The first-order valence-corrected chi connectivity index (χ1v) is 11.6. The Hall–Kier alpha value is -3.99. The van der Waals surface area contributed by atoms with E-state index in [9.17, 15) is 24.0 Å². The van der Waals surface area contributed by atoms with Crippen LogP contribution >= 0.6 is 0 Å². The molecule has 0 saturated carbocycles. The number of esters is 4. The Bertz CT molecular complexity index is 1170. The first kappa shape index (κ1) is 27.6. The Balaban J connectivity index is 1.93. The number of benzene rings is 2. The average Bonchev–Trinajstić information content (AvgIpc) is 2.81. The molecule has 3 rings (SSSR count). The van der Waals surface area contributed by atoms with Crippen LogP contribution in [-0.2, 0) is 54.1 Å². The van der Waals surface area contributed by atoms with Crippen molar-refractivity contribution in [2.75, 3.05) is 6.61 Å². The monoisotopic (exact) mass is 515 g/mol. The molecule has 0 bridgehead atoms. The lowest BCUT2D eigenvalue weighted by molar-refractivity contribution is -0.271. The van der Waals surface area contributed by atoms with Gasteiger partial charge in [0, 0.05) is 27.7 Å². The molecule has 1 saturated heterocycles. The molecule has 1 fully saturated rings. The van der Waals surface area contributed by atoms with E-state index in [1.807, 2.05) is 42.5 Å². The fraction of sp³-hybridized carbons (Fsp3) is 0.423. The summed E-state index contributed by atoms with van der Waals surface area (Å²) in [5, 5.41) is 4.55. The number of carbonyl (C=O) groups is 5. The summed E-state index contributed by atoms with van der Waals surface area (Å²) in [4.78, 5) is 60.3. The van der Waals surface area contributed by atoms with Crippen LogP contribution in [-0.4, -0.2) is 67.0 Å². The van der Waals surface area contributed by atoms with Crippen molar-refractivity contribution >= 4 is 40.6 Å². The highest BCUT2D eigenvalue weighted by Gasteiger charge is 2.52. The van der Waals surface area contributed by atoms with Gasteiger partial charge in [-0.05, 0) is 16.3 Å². The highest BCUT2D eigenvalue weighted by Crippen LogP contribution is 2.28. The Labute approximate surface area is 213 Å². The molecule has 2 aromatic carbocycles. The Kier molecular flexibility index (Phi) is 9.18. The van der Waals surface area contributed by atoms with E-state index in [1.54, 1.807) is 0 Å². The maximum Gasteiger partial charge on any atom is 0.305 e. The molecule has 5 atom stereocenters. The molecule has 37 heavy (non-hydrogen) atoms. The standard InChI is InChI=1S/C26H29NO10/c1-14(28)33-13-21-24(34-15(2)29)25(35-16(3)30)23(26(37-21)36-17(4)31)27-22(32)12-19-10-7-9-18-8-5-6-11-20(18)19/h5-11,21,23-26H,12-13H2,1-4H3,(H,27,32)/t21-,23+,24-,25-,26-/m0/s1. The first-order chi connectivity index (χ1) is 17.5. The highest BCUT2D eigenvalue weighted by molar-refractivity contribution is 5.90. The lowest BCUT2D eigenvalue weighted by Crippen LogP contribution is -2.67. The van der Waals surface area contributed by atoms with Crippen molar-refractivity contribution in [2.24, 2.45) is 0 Å². The normalized spacial score (nSPS) is 23.0. The summed E-state index contributed by atoms with van der Waals surface area (Å²) in [6.45, 7) is 4.20. The van der Waals surface area contributed by atoms with Gasteiger partial charge >= 0.3 is 23.9 Å². The van der Waals surface area contributed by atoms with Crippen LogP contribution in [0.15, 0.2) is 42.5 Å². The largest absolute Gasteiger partial charge is 0.463 e. The van der Waals surface area contributed by atoms with Gasteiger partial charge in [0.25, 0.3) is 0 Å². The van der Waals surface area contributed by atoms with E-state index in [4.69, 9.17) is 23.7 Å². The van der Waals surface area contributed by atoms with Gasteiger partial charge in [-0.25, -0.2) is 0 Å². The van der Waals surface area contributed by atoms with Gasteiger partial charge in [-0.1, -0.05) is 42.5 Å². The van der Waals surface area contributed by atoms with Crippen molar-refractivity contribution in [1.29, 1.82) is 0 Å². The molecule has 0 aliphatic carbocycles. The minimum atomic E-state index is -1.44. The summed E-state index contributed by atoms with van der Waals surface area (Å²) < 4.78 is 26.9. The van der Waals surface area contributed by atoms with Crippen molar-refractivity contribution in [2.45, 2.75) is 64.8 Å². The van der Waals surface area contributed by atoms with Crippen molar-refractivity contribution in [3.63, 3.8) is 0 Å². The SMILES string of the molecule is CC(=O)OC[C@@H]1O[C@H](OC(C)=O)[C@H](NC(=O)Cc2cccc3ccccc23)[C@H](OC(C)=O)[C@H]1OC(C)=O. The number of fused-ring (bicyclic) bond motifs is 1. The van der Waals surface area contributed by atoms with E-state index >= 15 is 0 Å². The maximum atomic E-state index is 13.2. The molecule has 0 radical (unpaired) electrons. The molecule has 1 aliphatic rings. The summed E-state index contributed by atoms with van der Waals surface area (Å²) in [5.74, 6) is -3.34. The van der Waals surface area contributed by atoms with Crippen molar-refractivity contribution in [1.82, 2.24) is 5.32 Å². The molecule has 1 heterocycles. The van der Waals surface area contributed by atoms with Gasteiger partial charge in [0.05, 0.1) is 6.42 Å². The summed E-state index contributed by atoms with van der Waals surface area (Å²) in [7, 11) is 0. The number of carbonyl (C=O) groups excluding carboxylic acids is 5. The molecule has 1 N–H and O–H groups in total. The number of hydrogen-bond acceptors (Lipinski definition) is 10. The minimum absolute atomic E-state index is 0.0491. The van der Waals surface area contributed by atoms with E-state index in [2.05, 4.69) is 5.32 Å². The molecule has 198 valence electrons. The number of amides is 1. The molecule has 1 amide bonds. The van der Waals surface area contributed by atoms with Crippen molar-refractivity contribution < 1.29 is 47.7 Å². The zero-order valence-corrected chi connectivity index (χ0v) is 20.9. The maximum absolute atomic E-state index is 13.2. The summed E-state index contributed by atoms with van der Waals surface area (Å²) in [6.07, 6.45) is -5.25. The van der Waals surface area contributed by atoms with E-state index in [1.165, 1.54) is 6.92 Å². The predicted octanol–water partition coefficient (Wildman–Crippen LogP) is 1.58. The molecule has 2 aromatic rings. The molecular weight excluding hydrogens is 486 g/mol. The predicted molar refractivity (Wildman–Crippen MR) is 128 cm³/mol. The third-order valence-electron chi connectivity index (χ3n) is 5.54. The lowest BCUT2D eigenvalue weighted by atomic mass is 9.95. The summed E-state index contributed by atoms with van der Waals surface area (Å²) in [5.41, 5.74) is 0.740. The molecule has 0 spiro atoms. The van der Waals surface area contributed by atoms with E-state index in [0.29, 0.717) is 0 Å². The number of ether oxygens (including phenoxy) is 5. The second-order valence-electron chi connectivity index (χ2n) is 8.51. The zero-order chi connectivity index (χ0) is 27.1. The van der Waals surface area contributed by atoms with Crippen LogP contribution in [0.2, 0.25) is 0 Å². The average molecular weight is 516 g/mol. The van der Waals surface area contributed by atoms with Crippen LogP contribution in [0.5, 0.6) is 0 Å². The number of nitrogens with one attached hydrogen (secondary N) is 1. The number of hydrogen-bond donors (Lipinski definition) is 1. The van der Waals surface area contributed by atoms with Gasteiger partial charge in [0.15, 0.2) is 12.2 Å². The third kappa shape index (κ3) is 7.50. The van der Waals surface area contributed by atoms with Gasteiger partial charge < -0.3 is 29.0 Å². The zero-order valence-electron chi connectivity index (χ0n) is 20.9. The van der Waals surface area contributed by atoms with Crippen LogP contribution in [0.25, 0.3) is 10.8 Å². The highest BCUT2D eigenvalue weighted by atomic mass is 16.7. The van der Waals surface area contributed by atoms with E-state index < -0.39 is 60.4 Å². The molecule has 0 aromatic heterocycles. The van der Waals surface area contributed by atoms with Crippen molar-refractivity contribution in [3.8, 4) is 0 Å². The van der Waals surface area contributed by atoms with Crippen LogP contribution in [0.4, 0.5) is 0 Å². The van der Waals surface area contributed by atoms with Crippen LogP contribution in [0, 0.1) is 0 Å². The third-order valence-corrected chi connectivity index (χ3v) is 5.54. The van der Waals surface area contributed by atoms with Gasteiger partial charge in [-0.15, -0.1) is 0 Å². The molecule has 0 unspecified atom stereocenters. The van der Waals surface area contributed by atoms with E-state index in [0.717, 1.165) is 37.1 Å². The van der Waals surface area contributed by atoms with Crippen molar-refractivity contribution in [3.05, 3.63) is 48.0 Å². The summed E-state index contributed by atoms with van der Waals surface area (Å²) >= 11 is 0. The molecule has 1 aliphatic heterocycles. The second kappa shape index (κ2) is 12.3. The topological polar surface area (TPSA) is 144 Å². The summed E-state index contributed by atoms with van der Waals surface area (Å²) in [6, 6.07) is 11.9. The lowest BCUT2D eigenvalue weighted by Gasteiger charge is -2.44. The van der Waals surface area contributed by atoms with Crippen LogP contribution < -0.4 is 5.32 Å². The molecule has 11 heteroatoms. The van der Waals surface area contributed by atoms with Crippen LogP contribution in [0.1, 0.15) is 33.3 Å². The number of rotatable bonds is 8. The van der Waals surface area contributed by atoms with Crippen LogP contribution in [0.3, 0.4) is 0 Å². The van der Waals surface area contributed by atoms with Gasteiger partial charge in [0.1, 0.15) is 18.8 Å². The first-order valence-electron chi connectivity index (χ1n) is 11.6. The quantitative estimate of drug-likeness (QED) is 0.406. The van der Waals surface area contributed by atoms with Gasteiger partial charge in [-0.3, -0.25) is 24.0 Å². The fourth-order valence-corrected chi connectivity index (χ4v) is 4.18. The Morgan fingerprint density at radius 2 is 1.41 bits per heavy atom. The smallest absolute Gasteiger partial charge is 0.305 e. The molecule has 11 nitrogen and oxygen atoms in total.